The predicted molar refractivity (Wildman–Crippen MR) is 84.9 cm³/mol. The van der Waals surface area contributed by atoms with Gasteiger partial charge in [-0.05, 0) is 0 Å². The summed E-state index contributed by atoms with van der Waals surface area (Å²) in [6, 6.07) is 0. The first-order chi connectivity index (χ1) is 12.5. The van der Waals surface area contributed by atoms with Crippen molar-refractivity contribution in [3.05, 3.63) is 0 Å². The largest absolute Gasteiger partial charge is 0.462 e. The lowest BCUT2D eigenvalue weighted by atomic mass is 10.0. The third-order valence-electron chi connectivity index (χ3n) is 2.82. The highest BCUT2D eigenvalue weighted by Crippen LogP contribution is 2.19. The second-order valence-electron chi connectivity index (χ2n) is 5.31. The van der Waals surface area contributed by atoms with Crippen LogP contribution in [-0.2, 0) is 52.5 Å². The van der Waals surface area contributed by atoms with Gasteiger partial charge in [-0.15, -0.1) is 0 Å². The summed E-state index contributed by atoms with van der Waals surface area (Å²) in [4.78, 5) is 68.0. The third kappa shape index (κ3) is 9.92. The fourth-order valence-electron chi connectivity index (χ4n) is 2.03. The summed E-state index contributed by atoms with van der Waals surface area (Å²) in [5.41, 5.74) is 0. The standard InChI is InChI=1S/C16H22O11/c1-8(18)23-7-14(25-10(3)20)16(27-12(5)22)15(26-11(4)21)13(6-17)24-9(2)19/h6,13-16H,7H2,1-5H3/t13-,14+,15+,16+/m1/s1. The van der Waals surface area contributed by atoms with Crippen LogP contribution in [0.25, 0.3) is 0 Å². The molecule has 0 saturated heterocycles. The van der Waals surface area contributed by atoms with Gasteiger partial charge in [0.1, 0.15) is 6.61 Å². The number of hydrogen-bond donors (Lipinski definition) is 0. The summed E-state index contributed by atoms with van der Waals surface area (Å²) in [6.45, 7) is 4.56. The van der Waals surface area contributed by atoms with Crippen LogP contribution in [0.15, 0.2) is 0 Å². The van der Waals surface area contributed by atoms with E-state index in [1.165, 1.54) is 0 Å². The van der Waals surface area contributed by atoms with E-state index in [1.54, 1.807) is 0 Å². The Morgan fingerprint density at radius 3 is 1.48 bits per heavy atom. The molecule has 0 unspecified atom stereocenters. The summed E-state index contributed by atoms with van der Waals surface area (Å²) in [7, 11) is 0. The number of esters is 5. The van der Waals surface area contributed by atoms with Gasteiger partial charge in [-0.2, -0.15) is 0 Å². The minimum atomic E-state index is -1.67. The normalized spacial score (nSPS) is 14.6. The number of carbonyl (C=O) groups excluding carboxylic acids is 6. The van der Waals surface area contributed by atoms with E-state index in [4.69, 9.17) is 23.7 Å². The molecule has 0 fully saturated rings. The number of ether oxygens (including phenoxy) is 5. The van der Waals surface area contributed by atoms with Crippen LogP contribution in [0.1, 0.15) is 34.6 Å². The average Bonchev–Trinajstić information content (AvgIpc) is 2.51. The fraction of sp³-hybridized carbons (Fsp3) is 0.625. The molecule has 0 spiro atoms. The van der Waals surface area contributed by atoms with E-state index < -0.39 is 60.9 Å². The third-order valence-corrected chi connectivity index (χ3v) is 2.82. The van der Waals surface area contributed by atoms with Gasteiger partial charge in [0.15, 0.2) is 30.7 Å². The Hall–Kier alpha value is -2.98. The molecule has 0 saturated carbocycles. The van der Waals surface area contributed by atoms with Gasteiger partial charge < -0.3 is 23.7 Å². The van der Waals surface area contributed by atoms with Crippen molar-refractivity contribution in [2.24, 2.45) is 0 Å². The molecule has 0 N–H and O–H groups in total. The van der Waals surface area contributed by atoms with E-state index in [0.29, 0.717) is 0 Å². The maximum absolute atomic E-state index is 11.5. The van der Waals surface area contributed by atoms with Crippen LogP contribution < -0.4 is 0 Å². The van der Waals surface area contributed by atoms with Gasteiger partial charge in [0.25, 0.3) is 0 Å². The first kappa shape index (κ1) is 24.0. The van der Waals surface area contributed by atoms with Crippen molar-refractivity contribution >= 4 is 36.1 Å². The maximum Gasteiger partial charge on any atom is 0.303 e. The summed E-state index contributed by atoms with van der Waals surface area (Å²) in [5, 5.41) is 0. The van der Waals surface area contributed by atoms with Crippen molar-refractivity contribution in [1.29, 1.82) is 0 Å². The van der Waals surface area contributed by atoms with E-state index in [2.05, 4.69) is 0 Å². The van der Waals surface area contributed by atoms with Gasteiger partial charge in [-0.1, -0.05) is 0 Å². The summed E-state index contributed by atoms with van der Waals surface area (Å²) in [6.07, 6.45) is -6.23. The lowest BCUT2D eigenvalue weighted by molar-refractivity contribution is -0.201. The number of hydrogen-bond acceptors (Lipinski definition) is 11. The molecule has 0 rings (SSSR count). The van der Waals surface area contributed by atoms with E-state index in [-0.39, 0.29) is 6.29 Å². The molecular formula is C16H22O11. The molecule has 152 valence electrons. The van der Waals surface area contributed by atoms with Gasteiger partial charge >= 0.3 is 29.8 Å². The molecule has 0 aromatic heterocycles. The van der Waals surface area contributed by atoms with Crippen molar-refractivity contribution < 1.29 is 52.5 Å². The molecule has 0 amide bonds. The molecule has 0 aliphatic heterocycles. The van der Waals surface area contributed by atoms with Crippen molar-refractivity contribution in [2.45, 2.75) is 59.0 Å². The summed E-state index contributed by atoms with van der Waals surface area (Å²) in [5.74, 6) is -4.23. The Balaban J connectivity index is 6.00. The van der Waals surface area contributed by atoms with Crippen molar-refractivity contribution in [1.82, 2.24) is 0 Å². The van der Waals surface area contributed by atoms with Gasteiger partial charge in [-0.25, -0.2) is 0 Å². The minimum absolute atomic E-state index is 0.155. The van der Waals surface area contributed by atoms with Gasteiger partial charge in [-0.3, -0.25) is 28.8 Å². The first-order valence-corrected chi connectivity index (χ1v) is 7.75. The van der Waals surface area contributed by atoms with Crippen LogP contribution in [0, 0.1) is 0 Å². The smallest absolute Gasteiger partial charge is 0.303 e. The Kier molecular flexibility index (Phi) is 10.3. The van der Waals surface area contributed by atoms with E-state index in [1.807, 2.05) is 0 Å². The molecule has 0 aromatic rings. The zero-order valence-corrected chi connectivity index (χ0v) is 15.6. The number of rotatable bonds is 10. The fourth-order valence-corrected chi connectivity index (χ4v) is 2.03. The molecule has 11 nitrogen and oxygen atoms in total. The highest BCUT2D eigenvalue weighted by atomic mass is 16.6. The van der Waals surface area contributed by atoms with Crippen LogP contribution in [0.3, 0.4) is 0 Å². The van der Waals surface area contributed by atoms with Crippen LogP contribution in [0.5, 0.6) is 0 Å². The summed E-state index contributed by atoms with van der Waals surface area (Å²) >= 11 is 0. The molecule has 11 heteroatoms. The lowest BCUT2D eigenvalue weighted by Crippen LogP contribution is -2.53. The average molecular weight is 390 g/mol. The Labute approximate surface area is 155 Å². The molecule has 0 radical (unpaired) electrons. The van der Waals surface area contributed by atoms with Gasteiger partial charge in [0.05, 0.1) is 0 Å². The lowest BCUT2D eigenvalue weighted by Gasteiger charge is -2.33. The highest BCUT2D eigenvalue weighted by Gasteiger charge is 2.43. The molecule has 4 atom stereocenters. The van der Waals surface area contributed by atoms with Crippen molar-refractivity contribution in [3.8, 4) is 0 Å². The van der Waals surface area contributed by atoms with Crippen LogP contribution >= 0.6 is 0 Å². The maximum atomic E-state index is 11.5. The van der Waals surface area contributed by atoms with Crippen molar-refractivity contribution in [3.63, 3.8) is 0 Å². The SMILES string of the molecule is CC(=O)OC[C@H](OC(C)=O)[C@H](OC(C)=O)[C@@H](OC(C)=O)[C@@H](C=O)OC(C)=O. The number of aldehydes is 1. The van der Waals surface area contributed by atoms with Crippen LogP contribution in [0.2, 0.25) is 0 Å². The highest BCUT2D eigenvalue weighted by molar-refractivity contribution is 5.72. The van der Waals surface area contributed by atoms with Crippen LogP contribution in [0.4, 0.5) is 0 Å². The Bertz CT molecular complexity index is 583. The quantitative estimate of drug-likeness (QED) is 0.269. The van der Waals surface area contributed by atoms with E-state index in [0.717, 1.165) is 34.6 Å². The van der Waals surface area contributed by atoms with Crippen molar-refractivity contribution in [2.75, 3.05) is 6.61 Å². The topological polar surface area (TPSA) is 149 Å². The Morgan fingerprint density at radius 1 is 0.667 bits per heavy atom. The predicted octanol–water partition coefficient (Wildman–Crippen LogP) is -0.525. The molecule has 0 heterocycles. The zero-order valence-electron chi connectivity index (χ0n) is 15.6. The van der Waals surface area contributed by atoms with E-state index in [9.17, 15) is 28.8 Å². The minimum Gasteiger partial charge on any atom is -0.462 e. The molecule has 0 aromatic carbocycles. The molecule has 0 aliphatic carbocycles. The second-order valence-corrected chi connectivity index (χ2v) is 5.31. The van der Waals surface area contributed by atoms with E-state index >= 15 is 0 Å². The zero-order chi connectivity index (χ0) is 21.1. The van der Waals surface area contributed by atoms with Gasteiger partial charge in [0, 0.05) is 34.6 Å². The molecule has 27 heavy (non-hydrogen) atoms. The molecule has 0 bridgehead atoms. The first-order valence-electron chi connectivity index (χ1n) is 7.75. The van der Waals surface area contributed by atoms with Crippen LogP contribution in [-0.4, -0.2) is 67.2 Å². The molecular weight excluding hydrogens is 368 g/mol. The second kappa shape index (κ2) is 11.6. The summed E-state index contributed by atoms with van der Waals surface area (Å²) < 4.78 is 24.6. The number of carbonyl (C=O) groups is 6. The molecule has 0 aliphatic rings. The van der Waals surface area contributed by atoms with Gasteiger partial charge in [0.2, 0.25) is 0 Å². The Morgan fingerprint density at radius 2 is 1.11 bits per heavy atom. The monoisotopic (exact) mass is 390 g/mol.